The van der Waals surface area contributed by atoms with Crippen LogP contribution in [0.1, 0.15) is 23.6 Å². The summed E-state index contributed by atoms with van der Waals surface area (Å²) in [5, 5.41) is 3.39. The number of hydrogen-bond donors (Lipinski definition) is 1. The van der Waals surface area contributed by atoms with Crippen molar-refractivity contribution in [2.75, 3.05) is 24.5 Å². The van der Waals surface area contributed by atoms with Crippen LogP contribution in [-0.2, 0) is 32.6 Å². The SMILES string of the molecule is CCNC(=O)[C@H](Cc1ccccc1)N(Cc1ccc(Cl)cc1)C(=O)CN(c1ccc(OC)cc1)S(=O)(=O)c1ccc(C)cc1. The van der Waals surface area contributed by atoms with Gasteiger partial charge in [0.05, 0.1) is 17.7 Å². The summed E-state index contributed by atoms with van der Waals surface area (Å²) < 4.78 is 34.5. The minimum Gasteiger partial charge on any atom is -0.497 e. The Morgan fingerprint density at radius 1 is 0.864 bits per heavy atom. The molecular formula is C34H36ClN3O5S. The number of methoxy groups -OCH3 is 1. The van der Waals surface area contributed by atoms with Crippen LogP contribution in [0.5, 0.6) is 5.75 Å². The highest BCUT2D eigenvalue weighted by atomic mass is 35.5. The third kappa shape index (κ3) is 8.18. The summed E-state index contributed by atoms with van der Waals surface area (Å²) in [4.78, 5) is 29.4. The Kier molecular flexibility index (Phi) is 11.0. The number of rotatable bonds is 13. The van der Waals surface area contributed by atoms with Crippen LogP contribution in [0.3, 0.4) is 0 Å². The second-order valence-electron chi connectivity index (χ2n) is 10.3. The van der Waals surface area contributed by atoms with Gasteiger partial charge < -0.3 is 15.0 Å². The number of amides is 2. The van der Waals surface area contributed by atoms with E-state index in [4.69, 9.17) is 16.3 Å². The van der Waals surface area contributed by atoms with Gasteiger partial charge in [-0.25, -0.2) is 8.42 Å². The van der Waals surface area contributed by atoms with Gasteiger partial charge in [-0.05, 0) is 73.5 Å². The summed E-state index contributed by atoms with van der Waals surface area (Å²) in [6.45, 7) is 3.56. The number of anilines is 1. The van der Waals surface area contributed by atoms with Crippen molar-refractivity contribution in [2.24, 2.45) is 0 Å². The highest BCUT2D eigenvalue weighted by molar-refractivity contribution is 7.92. The van der Waals surface area contributed by atoms with Gasteiger partial charge in [-0.3, -0.25) is 13.9 Å². The Labute approximate surface area is 264 Å². The fourth-order valence-electron chi connectivity index (χ4n) is 4.75. The molecule has 0 saturated heterocycles. The summed E-state index contributed by atoms with van der Waals surface area (Å²) in [6, 6.07) is 28.4. The zero-order valence-corrected chi connectivity index (χ0v) is 26.5. The Balaban J connectivity index is 1.79. The van der Waals surface area contributed by atoms with E-state index in [0.29, 0.717) is 17.3 Å². The molecule has 0 aliphatic carbocycles. The average molecular weight is 634 g/mol. The summed E-state index contributed by atoms with van der Waals surface area (Å²) in [5.74, 6) is -0.342. The number of sulfonamides is 1. The van der Waals surface area contributed by atoms with E-state index in [-0.39, 0.29) is 29.5 Å². The van der Waals surface area contributed by atoms with Gasteiger partial charge in [-0.2, -0.15) is 0 Å². The normalized spacial score (nSPS) is 11.8. The number of hydrogen-bond acceptors (Lipinski definition) is 5. The molecule has 0 aromatic heterocycles. The van der Waals surface area contributed by atoms with Crippen LogP contribution in [0.4, 0.5) is 5.69 Å². The highest BCUT2D eigenvalue weighted by Gasteiger charge is 2.34. The number of likely N-dealkylation sites (N-methyl/N-ethyl adjacent to an activating group) is 1. The van der Waals surface area contributed by atoms with Crippen LogP contribution in [0.2, 0.25) is 5.02 Å². The topological polar surface area (TPSA) is 96.0 Å². The molecule has 4 aromatic carbocycles. The molecule has 44 heavy (non-hydrogen) atoms. The van der Waals surface area contributed by atoms with Crippen LogP contribution in [0, 0.1) is 6.92 Å². The molecule has 1 N–H and O–H groups in total. The molecule has 0 unspecified atom stereocenters. The third-order valence-corrected chi connectivity index (χ3v) is 9.18. The van der Waals surface area contributed by atoms with Crippen molar-refractivity contribution in [1.29, 1.82) is 0 Å². The first kappa shape index (κ1) is 32.6. The van der Waals surface area contributed by atoms with Gasteiger partial charge in [0.25, 0.3) is 10.0 Å². The van der Waals surface area contributed by atoms with Gasteiger partial charge in [-0.15, -0.1) is 0 Å². The zero-order chi connectivity index (χ0) is 31.7. The number of carbonyl (C=O) groups is 2. The van der Waals surface area contributed by atoms with Gasteiger partial charge in [0.2, 0.25) is 11.8 Å². The van der Waals surface area contributed by atoms with E-state index < -0.39 is 28.5 Å². The quantitative estimate of drug-likeness (QED) is 0.206. The first-order chi connectivity index (χ1) is 21.1. The van der Waals surface area contributed by atoms with Crippen molar-refractivity contribution in [3.63, 3.8) is 0 Å². The smallest absolute Gasteiger partial charge is 0.264 e. The number of nitrogens with one attached hydrogen (secondary N) is 1. The molecule has 8 nitrogen and oxygen atoms in total. The summed E-state index contributed by atoms with van der Waals surface area (Å²) in [6.07, 6.45) is 0.235. The lowest BCUT2D eigenvalue weighted by Gasteiger charge is -2.34. The van der Waals surface area contributed by atoms with Crippen molar-refractivity contribution in [2.45, 2.75) is 37.8 Å². The first-order valence-electron chi connectivity index (χ1n) is 14.2. The Morgan fingerprint density at radius 3 is 2.09 bits per heavy atom. The minimum atomic E-state index is -4.19. The van der Waals surface area contributed by atoms with Crippen molar-refractivity contribution < 1.29 is 22.7 Å². The van der Waals surface area contributed by atoms with E-state index in [1.807, 2.05) is 44.2 Å². The maximum absolute atomic E-state index is 14.4. The molecule has 0 spiro atoms. The van der Waals surface area contributed by atoms with E-state index in [9.17, 15) is 18.0 Å². The number of nitrogens with zero attached hydrogens (tertiary/aromatic N) is 2. The summed E-state index contributed by atoms with van der Waals surface area (Å²) in [5.41, 5.74) is 2.78. The molecular weight excluding hydrogens is 598 g/mol. The predicted molar refractivity (Wildman–Crippen MR) is 173 cm³/mol. The maximum atomic E-state index is 14.4. The molecule has 0 bridgehead atoms. The fraction of sp³-hybridized carbons (Fsp3) is 0.235. The largest absolute Gasteiger partial charge is 0.497 e. The van der Waals surface area contributed by atoms with Crippen LogP contribution in [0.25, 0.3) is 0 Å². The van der Waals surface area contributed by atoms with Crippen molar-refractivity contribution in [1.82, 2.24) is 10.2 Å². The van der Waals surface area contributed by atoms with E-state index in [1.165, 1.54) is 24.1 Å². The van der Waals surface area contributed by atoms with Crippen LogP contribution < -0.4 is 14.4 Å². The molecule has 2 amide bonds. The molecule has 0 radical (unpaired) electrons. The van der Waals surface area contributed by atoms with Crippen molar-refractivity contribution >= 4 is 39.1 Å². The second kappa shape index (κ2) is 14.9. The number of halogens is 1. The van der Waals surface area contributed by atoms with E-state index in [0.717, 1.165) is 21.0 Å². The molecule has 0 heterocycles. The van der Waals surface area contributed by atoms with E-state index >= 15 is 0 Å². The van der Waals surface area contributed by atoms with Gasteiger partial charge >= 0.3 is 0 Å². The predicted octanol–water partition coefficient (Wildman–Crippen LogP) is 5.63. The van der Waals surface area contributed by atoms with Crippen molar-refractivity contribution in [3.05, 3.63) is 125 Å². The fourth-order valence-corrected chi connectivity index (χ4v) is 6.29. The highest BCUT2D eigenvalue weighted by Crippen LogP contribution is 2.27. The number of benzene rings is 4. The van der Waals surface area contributed by atoms with Gasteiger partial charge in [0.1, 0.15) is 18.3 Å². The summed E-state index contributed by atoms with van der Waals surface area (Å²) >= 11 is 6.12. The molecule has 230 valence electrons. The number of ether oxygens (including phenoxy) is 1. The molecule has 0 fully saturated rings. The molecule has 0 aliphatic rings. The lowest BCUT2D eigenvalue weighted by molar-refractivity contribution is -0.140. The Morgan fingerprint density at radius 2 is 1.50 bits per heavy atom. The third-order valence-electron chi connectivity index (χ3n) is 7.14. The molecule has 0 saturated carbocycles. The molecule has 4 rings (SSSR count). The Hall–Kier alpha value is -4.34. The van der Waals surface area contributed by atoms with Crippen LogP contribution in [-0.4, -0.2) is 51.4 Å². The summed E-state index contributed by atoms with van der Waals surface area (Å²) in [7, 11) is -2.67. The van der Waals surface area contributed by atoms with Crippen molar-refractivity contribution in [3.8, 4) is 5.75 Å². The average Bonchev–Trinajstić information content (AvgIpc) is 3.03. The first-order valence-corrected chi connectivity index (χ1v) is 16.0. The standard InChI is InChI=1S/C34H36ClN3O5S/c1-4-36-34(40)32(22-26-8-6-5-7-9-26)37(23-27-12-14-28(35)15-13-27)33(39)24-38(29-16-18-30(43-3)19-17-29)44(41,42)31-20-10-25(2)11-21-31/h5-21,32H,4,22-24H2,1-3H3,(H,36,40)/t32-/m0/s1. The van der Waals surface area contributed by atoms with E-state index in [2.05, 4.69) is 5.32 Å². The van der Waals surface area contributed by atoms with Gasteiger partial charge in [-0.1, -0.05) is 71.8 Å². The maximum Gasteiger partial charge on any atom is 0.264 e. The molecule has 0 aliphatic heterocycles. The van der Waals surface area contributed by atoms with Crippen LogP contribution in [0.15, 0.2) is 108 Å². The molecule has 1 atom stereocenters. The lowest BCUT2D eigenvalue weighted by Crippen LogP contribution is -2.53. The number of aryl methyl sites for hydroxylation is 1. The molecule has 10 heteroatoms. The number of carbonyl (C=O) groups excluding carboxylic acids is 2. The second-order valence-corrected chi connectivity index (χ2v) is 12.6. The van der Waals surface area contributed by atoms with Gasteiger partial charge in [0, 0.05) is 24.5 Å². The monoisotopic (exact) mass is 633 g/mol. The van der Waals surface area contributed by atoms with Gasteiger partial charge in [0.15, 0.2) is 0 Å². The van der Waals surface area contributed by atoms with E-state index in [1.54, 1.807) is 60.7 Å². The minimum absolute atomic E-state index is 0.0422. The Bertz CT molecular complexity index is 1650. The molecule has 4 aromatic rings. The zero-order valence-electron chi connectivity index (χ0n) is 24.9. The van der Waals surface area contributed by atoms with Crippen LogP contribution >= 0.6 is 11.6 Å². The lowest BCUT2D eigenvalue weighted by atomic mass is 10.0.